The number of anilines is 2. The largest absolute Gasteiger partial charge is 0.340 e. The Kier molecular flexibility index (Phi) is 4.54. The van der Waals surface area contributed by atoms with Gasteiger partial charge in [0.1, 0.15) is 17.5 Å². The summed E-state index contributed by atoms with van der Waals surface area (Å²) in [6.07, 6.45) is 0. The minimum absolute atomic E-state index is 0.0351. The first-order valence-corrected chi connectivity index (χ1v) is 10.3. The summed E-state index contributed by atoms with van der Waals surface area (Å²) in [5, 5.41) is 22.5. The van der Waals surface area contributed by atoms with Gasteiger partial charge < -0.3 is 5.32 Å². The molecular weight excluding hydrogens is 386 g/mol. The van der Waals surface area contributed by atoms with Crippen LogP contribution in [-0.2, 0) is 10.0 Å². The van der Waals surface area contributed by atoms with Crippen molar-refractivity contribution in [2.75, 3.05) is 5.32 Å². The molecular formula is C21H17N5O2S. The van der Waals surface area contributed by atoms with Crippen LogP contribution in [0.15, 0.2) is 71.6 Å². The van der Waals surface area contributed by atoms with E-state index in [-0.39, 0.29) is 4.90 Å². The lowest BCUT2D eigenvalue weighted by atomic mass is 10.1. The number of hydrogen-bond donors (Lipinski definition) is 2. The number of pyridine rings is 1. The van der Waals surface area contributed by atoms with Crippen LogP contribution >= 0.6 is 0 Å². The molecule has 4 aromatic rings. The van der Waals surface area contributed by atoms with E-state index in [0.29, 0.717) is 28.3 Å². The lowest BCUT2D eigenvalue weighted by Crippen LogP contribution is -2.11. The van der Waals surface area contributed by atoms with Crippen molar-refractivity contribution in [3.8, 4) is 17.2 Å². The van der Waals surface area contributed by atoms with Crippen molar-refractivity contribution in [1.82, 2.24) is 9.61 Å². The van der Waals surface area contributed by atoms with Gasteiger partial charge in [-0.3, -0.25) is 0 Å². The highest BCUT2D eigenvalue weighted by molar-refractivity contribution is 7.89. The smallest absolute Gasteiger partial charge is 0.238 e. The van der Waals surface area contributed by atoms with Gasteiger partial charge in [0.2, 0.25) is 10.0 Å². The van der Waals surface area contributed by atoms with E-state index in [0.717, 1.165) is 11.1 Å². The molecule has 0 atom stereocenters. The van der Waals surface area contributed by atoms with Gasteiger partial charge in [-0.1, -0.05) is 30.3 Å². The first-order valence-electron chi connectivity index (χ1n) is 8.75. The minimum Gasteiger partial charge on any atom is -0.340 e. The number of aromatic nitrogens is 2. The van der Waals surface area contributed by atoms with Gasteiger partial charge in [-0.2, -0.15) is 10.4 Å². The molecule has 2 aromatic heterocycles. The molecule has 7 nitrogen and oxygen atoms in total. The van der Waals surface area contributed by atoms with Crippen LogP contribution < -0.4 is 10.5 Å². The van der Waals surface area contributed by atoms with E-state index in [1.165, 1.54) is 12.1 Å². The lowest BCUT2D eigenvalue weighted by molar-refractivity contribution is 0.598. The number of primary sulfonamides is 1. The zero-order valence-electron chi connectivity index (χ0n) is 15.5. The number of nitrogens with zero attached hydrogens (tertiary/aromatic N) is 3. The van der Waals surface area contributed by atoms with Crippen LogP contribution in [0.2, 0.25) is 0 Å². The monoisotopic (exact) mass is 403 g/mol. The Morgan fingerprint density at radius 1 is 1.03 bits per heavy atom. The van der Waals surface area contributed by atoms with Crippen LogP contribution in [0.5, 0.6) is 0 Å². The van der Waals surface area contributed by atoms with E-state index in [1.807, 2.05) is 42.5 Å². The van der Waals surface area contributed by atoms with Crippen molar-refractivity contribution < 1.29 is 8.42 Å². The number of hydrogen-bond acceptors (Lipinski definition) is 5. The molecule has 3 N–H and O–H groups in total. The van der Waals surface area contributed by atoms with Crippen molar-refractivity contribution in [2.45, 2.75) is 11.8 Å². The Bertz CT molecular complexity index is 1350. The summed E-state index contributed by atoms with van der Waals surface area (Å²) in [5.74, 6) is 0.648. The Labute approximate surface area is 168 Å². The summed E-state index contributed by atoms with van der Waals surface area (Å²) < 4.78 is 24.6. The normalized spacial score (nSPS) is 11.3. The SMILES string of the molecule is Cc1nn2c(Nc3ccc(S(N)(=O)=O)cc3)cc(-c3ccccc3)cc2c1C#N. The average Bonchev–Trinajstić information content (AvgIpc) is 3.03. The second-order valence-corrected chi connectivity index (χ2v) is 8.12. The van der Waals surface area contributed by atoms with E-state index in [9.17, 15) is 13.7 Å². The predicted molar refractivity (Wildman–Crippen MR) is 111 cm³/mol. The number of benzene rings is 2. The zero-order valence-corrected chi connectivity index (χ0v) is 16.3. The topological polar surface area (TPSA) is 113 Å². The Balaban J connectivity index is 1.85. The fraction of sp³-hybridized carbons (Fsp3) is 0.0476. The zero-order chi connectivity index (χ0) is 20.6. The quantitative estimate of drug-likeness (QED) is 0.541. The number of nitrogens with two attached hydrogens (primary N) is 1. The van der Waals surface area contributed by atoms with Gasteiger partial charge in [0.05, 0.1) is 16.1 Å². The minimum atomic E-state index is -3.76. The van der Waals surface area contributed by atoms with Gasteiger partial charge in [0, 0.05) is 5.69 Å². The van der Waals surface area contributed by atoms with Crippen molar-refractivity contribution in [2.24, 2.45) is 5.14 Å². The number of nitriles is 1. The van der Waals surface area contributed by atoms with E-state index in [1.54, 1.807) is 23.6 Å². The van der Waals surface area contributed by atoms with Crippen LogP contribution in [0.25, 0.3) is 16.6 Å². The van der Waals surface area contributed by atoms with Crippen molar-refractivity contribution in [3.63, 3.8) is 0 Å². The second kappa shape index (κ2) is 7.05. The Morgan fingerprint density at radius 2 is 1.72 bits per heavy atom. The van der Waals surface area contributed by atoms with Gasteiger partial charge in [-0.05, 0) is 54.4 Å². The molecule has 29 heavy (non-hydrogen) atoms. The number of fused-ring (bicyclic) bond motifs is 1. The molecule has 0 saturated heterocycles. The van der Waals surface area contributed by atoms with Crippen LogP contribution in [0.3, 0.4) is 0 Å². The first-order chi connectivity index (χ1) is 13.9. The van der Waals surface area contributed by atoms with Crippen LogP contribution in [0.4, 0.5) is 11.5 Å². The molecule has 144 valence electrons. The van der Waals surface area contributed by atoms with Crippen LogP contribution in [0, 0.1) is 18.3 Å². The highest BCUT2D eigenvalue weighted by Crippen LogP contribution is 2.29. The number of nitrogens with one attached hydrogen (secondary N) is 1. The molecule has 2 aromatic carbocycles. The standard InChI is InChI=1S/C21H17N5O2S/c1-14-19(13-22)20-11-16(15-5-3-2-4-6-15)12-21(26(20)25-14)24-17-7-9-18(10-8-17)29(23,27)28/h2-12,24H,1H3,(H2,23,27,28). The summed E-state index contributed by atoms with van der Waals surface area (Å²) in [7, 11) is -3.76. The molecule has 0 aliphatic carbocycles. The molecule has 0 unspecified atom stereocenters. The number of rotatable bonds is 4. The van der Waals surface area contributed by atoms with E-state index >= 15 is 0 Å². The third-order valence-electron chi connectivity index (χ3n) is 4.58. The highest BCUT2D eigenvalue weighted by atomic mass is 32.2. The second-order valence-electron chi connectivity index (χ2n) is 6.56. The van der Waals surface area contributed by atoms with Gasteiger partial charge in [-0.15, -0.1) is 0 Å². The third-order valence-corrected chi connectivity index (χ3v) is 5.51. The molecule has 0 fully saturated rings. The molecule has 4 rings (SSSR count). The Morgan fingerprint density at radius 3 is 2.34 bits per heavy atom. The van der Waals surface area contributed by atoms with Crippen LogP contribution in [0.1, 0.15) is 11.3 Å². The predicted octanol–water partition coefficient (Wildman–Crippen LogP) is 3.57. The van der Waals surface area contributed by atoms with Crippen molar-refractivity contribution >= 4 is 27.0 Å². The van der Waals surface area contributed by atoms with Crippen molar-refractivity contribution in [3.05, 3.63) is 78.0 Å². The summed E-state index contributed by atoms with van der Waals surface area (Å²) >= 11 is 0. The maximum absolute atomic E-state index is 11.5. The molecule has 2 heterocycles. The van der Waals surface area contributed by atoms with E-state index < -0.39 is 10.0 Å². The molecule has 0 bridgehead atoms. The van der Waals surface area contributed by atoms with Gasteiger partial charge in [-0.25, -0.2) is 18.1 Å². The average molecular weight is 403 g/mol. The van der Waals surface area contributed by atoms with Gasteiger partial charge >= 0.3 is 0 Å². The molecule has 0 radical (unpaired) electrons. The Hall–Kier alpha value is -3.67. The van der Waals surface area contributed by atoms with Crippen LogP contribution in [-0.4, -0.2) is 18.0 Å². The summed E-state index contributed by atoms with van der Waals surface area (Å²) in [4.78, 5) is 0.0351. The molecule has 0 amide bonds. The molecule has 0 spiro atoms. The summed E-state index contributed by atoms with van der Waals surface area (Å²) in [6, 6.07) is 22.0. The summed E-state index contributed by atoms with van der Waals surface area (Å²) in [5.41, 5.74) is 4.43. The first kappa shape index (κ1) is 18.7. The van der Waals surface area contributed by atoms with Crippen molar-refractivity contribution in [1.29, 1.82) is 5.26 Å². The van der Waals surface area contributed by atoms with E-state index in [4.69, 9.17) is 5.14 Å². The molecule has 0 saturated carbocycles. The fourth-order valence-electron chi connectivity index (χ4n) is 3.16. The van der Waals surface area contributed by atoms with E-state index in [2.05, 4.69) is 16.5 Å². The summed E-state index contributed by atoms with van der Waals surface area (Å²) in [6.45, 7) is 1.79. The maximum Gasteiger partial charge on any atom is 0.238 e. The van der Waals surface area contributed by atoms with Gasteiger partial charge in [0.15, 0.2) is 0 Å². The molecule has 0 aliphatic heterocycles. The number of aryl methyl sites for hydroxylation is 1. The molecule has 8 heteroatoms. The molecule has 0 aliphatic rings. The lowest BCUT2D eigenvalue weighted by Gasteiger charge is -2.12. The number of sulfonamides is 1. The highest BCUT2D eigenvalue weighted by Gasteiger charge is 2.15. The fourth-order valence-corrected chi connectivity index (χ4v) is 3.68. The van der Waals surface area contributed by atoms with Gasteiger partial charge in [0.25, 0.3) is 0 Å². The third kappa shape index (κ3) is 3.57. The maximum atomic E-state index is 11.5.